The van der Waals surface area contributed by atoms with Crippen LogP contribution < -0.4 is 4.74 Å². The minimum absolute atomic E-state index is 0.0536. The molecule has 0 saturated carbocycles. The molecule has 2 rings (SSSR count). The van der Waals surface area contributed by atoms with Gasteiger partial charge in [0.05, 0.1) is 17.4 Å². The fraction of sp³-hybridized carbons (Fsp3) is 0.622. The maximum atomic E-state index is 12.7. The van der Waals surface area contributed by atoms with Crippen molar-refractivity contribution < 1.29 is 19.4 Å². The maximum absolute atomic E-state index is 12.7. The van der Waals surface area contributed by atoms with E-state index in [1.54, 1.807) is 0 Å². The maximum Gasteiger partial charge on any atom is 0.311 e. The monoisotopic (exact) mass is 630 g/mol. The molecule has 1 unspecified atom stereocenters. The molecule has 2 aromatic rings. The Kier molecular flexibility index (Phi) is 13.6. The molecule has 0 aliphatic carbocycles. The van der Waals surface area contributed by atoms with Crippen LogP contribution in [0.25, 0.3) is 0 Å². The number of hydrogen-bond donors (Lipinski definition) is 1. The Morgan fingerprint density at radius 1 is 0.674 bits per heavy atom. The molecule has 2 aromatic carbocycles. The summed E-state index contributed by atoms with van der Waals surface area (Å²) in [5.41, 5.74) is 5.61. The van der Waals surface area contributed by atoms with Crippen molar-refractivity contribution in [3.8, 4) is 5.75 Å². The fourth-order valence-corrected chi connectivity index (χ4v) is 7.36. The first-order chi connectivity index (χ1) is 19.4. The Hall–Kier alpha value is -1.92. The lowest BCUT2D eigenvalue weighted by molar-refractivity contribution is -0.142. The lowest BCUT2D eigenvalue weighted by Gasteiger charge is -2.31. The molecule has 0 aliphatic rings. The number of carboxylic acids is 1. The number of carboxylic acid groups (broad SMARTS) is 1. The number of thioether (sulfide) groups is 2. The molecule has 0 bridgehead atoms. The summed E-state index contributed by atoms with van der Waals surface area (Å²) in [5.74, 6) is -0.963. The number of carbonyl (C=O) groups is 2. The molecule has 0 spiro atoms. The number of aliphatic carboxylic acids is 1. The van der Waals surface area contributed by atoms with Crippen molar-refractivity contribution in [1.29, 1.82) is 0 Å². The van der Waals surface area contributed by atoms with Gasteiger partial charge in [0.25, 0.3) is 0 Å². The zero-order chi connectivity index (χ0) is 33.7. The van der Waals surface area contributed by atoms with E-state index in [9.17, 15) is 9.59 Å². The van der Waals surface area contributed by atoms with E-state index in [1.807, 2.05) is 37.4 Å². The Balaban J connectivity index is 0.00000452. The first kappa shape index (κ1) is 39.1. The van der Waals surface area contributed by atoms with Crippen molar-refractivity contribution in [1.82, 2.24) is 0 Å². The molecule has 6 heteroatoms. The van der Waals surface area contributed by atoms with Gasteiger partial charge in [-0.1, -0.05) is 96.9 Å². The first-order valence-electron chi connectivity index (χ1n) is 15.5. The number of hydrogen-bond acceptors (Lipinski definition) is 5. The third-order valence-electron chi connectivity index (χ3n) is 7.04. The van der Waals surface area contributed by atoms with Crippen LogP contribution in [-0.2, 0) is 31.2 Å². The number of esters is 1. The summed E-state index contributed by atoms with van der Waals surface area (Å²) in [5, 5.41) is 9.03. The van der Waals surface area contributed by atoms with Crippen LogP contribution in [0.3, 0.4) is 0 Å². The van der Waals surface area contributed by atoms with E-state index in [2.05, 4.69) is 121 Å². The van der Waals surface area contributed by atoms with Crippen LogP contribution in [0.4, 0.5) is 0 Å². The van der Waals surface area contributed by atoms with E-state index < -0.39 is 11.9 Å². The summed E-state index contributed by atoms with van der Waals surface area (Å²) in [7, 11) is 0. The number of benzene rings is 2. The van der Waals surface area contributed by atoms with Gasteiger partial charge in [0.2, 0.25) is 0 Å². The molecular weight excluding hydrogens is 573 g/mol. The molecule has 4 nitrogen and oxygen atoms in total. The van der Waals surface area contributed by atoms with Gasteiger partial charge < -0.3 is 9.84 Å². The highest BCUT2D eigenvalue weighted by molar-refractivity contribution is 8.17. The second kappa shape index (κ2) is 14.9. The summed E-state index contributed by atoms with van der Waals surface area (Å²) in [6, 6.07) is 9.03. The van der Waals surface area contributed by atoms with Gasteiger partial charge in [0, 0.05) is 20.9 Å². The molecule has 0 saturated heterocycles. The summed E-state index contributed by atoms with van der Waals surface area (Å²) in [6.07, 6.45) is -0.402. The average molecular weight is 631 g/mol. The topological polar surface area (TPSA) is 63.6 Å². The minimum atomic E-state index is -1.01. The lowest BCUT2D eigenvalue weighted by Crippen LogP contribution is -2.22. The largest absolute Gasteiger partial charge is 0.481 e. The van der Waals surface area contributed by atoms with E-state index in [0.717, 1.165) is 16.0 Å². The highest BCUT2D eigenvalue weighted by Crippen LogP contribution is 2.46. The van der Waals surface area contributed by atoms with Crippen LogP contribution in [0, 0.1) is 6.92 Å². The summed E-state index contributed by atoms with van der Waals surface area (Å²) in [4.78, 5) is 26.1. The summed E-state index contributed by atoms with van der Waals surface area (Å²) >= 11 is 3.70. The second-order valence-electron chi connectivity index (χ2n) is 15.2. The molecule has 1 atom stereocenters. The van der Waals surface area contributed by atoms with Crippen molar-refractivity contribution in [2.45, 2.75) is 160 Å². The smallest absolute Gasteiger partial charge is 0.311 e. The van der Waals surface area contributed by atoms with Gasteiger partial charge in [-0.15, -0.1) is 23.5 Å². The Labute approximate surface area is 271 Å². The Bertz CT molecular complexity index is 1200. The lowest BCUT2D eigenvalue weighted by atomic mass is 9.77. The standard InChI is InChI=1S/C35H52O4S2.C2H6/c1-21-25(32(3,4)5)17-23(18-26(21)33(6,7)8)40-22(2)41-24-19-27(34(9,10)11)31(28(20-24)35(12,13)14)39-30(38)16-15-29(36)37;1-2/h17-20,22H,15-16H2,1-14H3,(H,36,37);1-2H3. The van der Waals surface area contributed by atoms with Gasteiger partial charge in [-0.05, 0) is 76.5 Å². The van der Waals surface area contributed by atoms with Gasteiger partial charge in [0.1, 0.15) is 5.75 Å². The predicted octanol–water partition coefficient (Wildman–Crippen LogP) is 11.2. The molecule has 0 heterocycles. The zero-order valence-electron chi connectivity index (χ0n) is 29.8. The Morgan fingerprint density at radius 3 is 1.30 bits per heavy atom. The Morgan fingerprint density at radius 2 is 1.00 bits per heavy atom. The van der Waals surface area contributed by atoms with Gasteiger partial charge in [-0.3, -0.25) is 9.59 Å². The highest BCUT2D eigenvalue weighted by atomic mass is 32.2. The minimum Gasteiger partial charge on any atom is -0.481 e. The van der Waals surface area contributed by atoms with Crippen LogP contribution in [-0.4, -0.2) is 21.6 Å². The number of carbonyl (C=O) groups excluding carboxylic acids is 1. The second-order valence-corrected chi connectivity index (χ2v) is 18.3. The molecule has 0 fully saturated rings. The quantitative estimate of drug-likeness (QED) is 0.135. The summed E-state index contributed by atoms with van der Waals surface area (Å²) < 4.78 is 6.16. The van der Waals surface area contributed by atoms with Crippen molar-refractivity contribution in [2.75, 3.05) is 0 Å². The van der Waals surface area contributed by atoms with Gasteiger partial charge in [0.15, 0.2) is 0 Å². The molecule has 0 radical (unpaired) electrons. The van der Waals surface area contributed by atoms with E-state index in [1.165, 1.54) is 21.6 Å². The van der Waals surface area contributed by atoms with Gasteiger partial charge in [-0.2, -0.15) is 0 Å². The fourth-order valence-electron chi connectivity index (χ4n) is 4.99. The molecule has 0 amide bonds. The van der Waals surface area contributed by atoms with Crippen molar-refractivity contribution in [3.63, 3.8) is 0 Å². The van der Waals surface area contributed by atoms with E-state index in [0.29, 0.717) is 5.75 Å². The number of ether oxygens (including phenoxy) is 1. The third kappa shape index (κ3) is 11.5. The van der Waals surface area contributed by atoms with Crippen LogP contribution in [0.15, 0.2) is 34.1 Å². The summed E-state index contributed by atoms with van der Waals surface area (Å²) in [6.45, 7) is 34.9. The van der Waals surface area contributed by atoms with Crippen LogP contribution in [0.5, 0.6) is 5.75 Å². The van der Waals surface area contributed by atoms with Crippen LogP contribution in [0.2, 0.25) is 0 Å². The van der Waals surface area contributed by atoms with E-state index >= 15 is 0 Å². The molecule has 242 valence electrons. The van der Waals surface area contributed by atoms with Gasteiger partial charge >= 0.3 is 11.9 Å². The average Bonchev–Trinajstić information content (AvgIpc) is 2.82. The molecule has 0 aromatic heterocycles. The van der Waals surface area contributed by atoms with Crippen molar-refractivity contribution in [2.24, 2.45) is 0 Å². The SMILES string of the molecule is CC.Cc1c(C(C)(C)C)cc(SC(C)Sc2cc(C(C)(C)C)c(OC(=O)CCC(=O)O)c(C(C)(C)C)c2)cc1C(C)(C)C. The number of rotatable bonds is 8. The van der Waals surface area contributed by atoms with E-state index in [4.69, 9.17) is 9.84 Å². The normalized spacial score (nSPS) is 13.2. The van der Waals surface area contributed by atoms with Crippen LogP contribution in [0.1, 0.15) is 145 Å². The van der Waals surface area contributed by atoms with Crippen LogP contribution >= 0.6 is 23.5 Å². The van der Waals surface area contributed by atoms with E-state index in [-0.39, 0.29) is 39.1 Å². The predicted molar refractivity (Wildman–Crippen MR) is 187 cm³/mol. The van der Waals surface area contributed by atoms with Gasteiger partial charge in [-0.25, -0.2) is 0 Å². The molecule has 1 N–H and O–H groups in total. The zero-order valence-corrected chi connectivity index (χ0v) is 31.4. The van der Waals surface area contributed by atoms with Crippen molar-refractivity contribution in [3.05, 3.63) is 52.1 Å². The highest BCUT2D eigenvalue weighted by Gasteiger charge is 2.30. The molecule has 43 heavy (non-hydrogen) atoms. The third-order valence-corrected chi connectivity index (χ3v) is 9.30. The first-order valence-corrected chi connectivity index (χ1v) is 17.3. The molecule has 0 aliphatic heterocycles. The van der Waals surface area contributed by atoms with Crippen molar-refractivity contribution >= 4 is 35.5 Å². The molecular formula is C37H58O4S2.